The minimum absolute atomic E-state index is 0.256. The van der Waals surface area contributed by atoms with Crippen LogP contribution in [0.1, 0.15) is 17.8 Å². The number of nitrogens with two attached hydrogens (primary N) is 1. The lowest BCUT2D eigenvalue weighted by Gasteiger charge is -2.21. The summed E-state index contributed by atoms with van der Waals surface area (Å²) >= 11 is 6.89. The lowest BCUT2D eigenvalue weighted by molar-refractivity contribution is 0.295. The van der Waals surface area contributed by atoms with Crippen molar-refractivity contribution in [2.75, 3.05) is 6.54 Å². The highest BCUT2D eigenvalue weighted by Gasteiger charge is 2.27. The van der Waals surface area contributed by atoms with Crippen LogP contribution in [0.15, 0.2) is 24.3 Å². The van der Waals surface area contributed by atoms with Gasteiger partial charge in [-0.15, -0.1) is 11.3 Å². The normalized spacial score (nSPS) is 20.6. The van der Waals surface area contributed by atoms with Gasteiger partial charge < -0.3 is 5.73 Å². The number of nitrogens with zero attached hydrogens (tertiary/aromatic N) is 2. The first kappa shape index (κ1) is 12.0. The smallest absolute Gasteiger partial charge is 0.108 e. The van der Waals surface area contributed by atoms with Crippen LogP contribution in [0.25, 0.3) is 10.2 Å². The molecule has 18 heavy (non-hydrogen) atoms. The Kier molecular flexibility index (Phi) is 3.28. The fraction of sp³-hybridized carbons (Fsp3) is 0.385. The quantitative estimate of drug-likeness (QED) is 0.876. The molecule has 2 aromatic rings. The molecule has 2 N–H and O–H groups in total. The largest absolute Gasteiger partial charge is 0.392 e. The van der Waals surface area contributed by atoms with Crippen molar-refractivity contribution in [3.8, 4) is 0 Å². The van der Waals surface area contributed by atoms with Crippen LogP contribution in [0.4, 0.5) is 0 Å². The molecular weight excluding hydrogens is 262 g/mol. The van der Waals surface area contributed by atoms with E-state index in [9.17, 15) is 0 Å². The van der Waals surface area contributed by atoms with Gasteiger partial charge in [0.05, 0.1) is 27.8 Å². The second kappa shape index (κ2) is 4.91. The molecule has 1 atom stereocenters. The van der Waals surface area contributed by atoms with E-state index in [-0.39, 0.29) is 6.04 Å². The van der Waals surface area contributed by atoms with Crippen LogP contribution in [-0.4, -0.2) is 27.5 Å². The first-order chi connectivity index (χ1) is 8.74. The van der Waals surface area contributed by atoms with Gasteiger partial charge in [-0.3, -0.25) is 4.90 Å². The molecule has 1 aromatic carbocycles. The van der Waals surface area contributed by atoms with Gasteiger partial charge in [0.1, 0.15) is 5.01 Å². The Labute approximate surface area is 116 Å². The number of thiazole rings is 1. The number of benzene rings is 1. The summed E-state index contributed by atoms with van der Waals surface area (Å²) in [5.74, 6) is 0. The number of hydrogen-bond acceptors (Lipinski definition) is 4. The van der Waals surface area contributed by atoms with Gasteiger partial charge in [-0.1, -0.05) is 24.4 Å². The molecule has 1 fully saturated rings. The third-order valence-electron chi connectivity index (χ3n) is 3.37. The van der Waals surface area contributed by atoms with Gasteiger partial charge in [0.2, 0.25) is 0 Å². The molecule has 0 aliphatic carbocycles. The van der Waals surface area contributed by atoms with Crippen molar-refractivity contribution in [1.29, 1.82) is 0 Å². The molecule has 5 heteroatoms. The highest BCUT2D eigenvalue weighted by Crippen LogP contribution is 2.26. The van der Waals surface area contributed by atoms with Crippen LogP contribution in [-0.2, 0) is 6.54 Å². The lowest BCUT2D eigenvalue weighted by atomic mass is 10.2. The summed E-state index contributed by atoms with van der Waals surface area (Å²) in [5.41, 5.74) is 6.88. The number of para-hydroxylation sites is 1. The van der Waals surface area contributed by atoms with Gasteiger partial charge in [0.15, 0.2) is 0 Å². The van der Waals surface area contributed by atoms with E-state index in [4.69, 9.17) is 18.0 Å². The molecule has 1 aliphatic heterocycles. The first-order valence-electron chi connectivity index (χ1n) is 6.12. The summed E-state index contributed by atoms with van der Waals surface area (Å²) in [4.78, 5) is 7.63. The number of thiocarbonyl (C=S) groups is 1. The van der Waals surface area contributed by atoms with Crippen LogP contribution in [0.2, 0.25) is 0 Å². The van der Waals surface area contributed by atoms with Crippen molar-refractivity contribution in [3.63, 3.8) is 0 Å². The van der Waals surface area contributed by atoms with Gasteiger partial charge >= 0.3 is 0 Å². The van der Waals surface area contributed by atoms with Crippen LogP contribution in [0, 0.1) is 0 Å². The molecule has 1 saturated heterocycles. The summed E-state index contributed by atoms with van der Waals surface area (Å²) < 4.78 is 1.25. The third-order valence-corrected chi connectivity index (χ3v) is 4.66. The molecule has 3 nitrogen and oxygen atoms in total. The lowest BCUT2D eigenvalue weighted by Crippen LogP contribution is -2.38. The molecule has 0 radical (unpaired) electrons. The van der Waals surface area contributed by atoms with Crippen LogP contribution >= 0.6 is 23.6 Å². The first-order valence-corrected chi connectivity index (χ1v) is 7.34. The van der Waals surface area contributed by atoms with Gasteiger partial charge in [0.25, 0.3) is 0 Å². The van der Waals surface area contributed by atoms with Crippen molar-refractivity contribution in [2.24, 2.45) is 5.73 Å². The van der Waals surface area contributed by atoms with Gasteiger partial charge in [-0.2, -0.15) is 0 Å². The highest BCUT2D eigenvalue weighted by atomic mass is 32.1. The Hall–Kier alpha value is -1.04. The molecular formula is C13H15N3S2. The molecule has 1 unspecified atom stereocenters. The fourth-order valence-corrected chi connectivity index (χ4v) is 3.76. The van der Waals surface area contributed by atoms with Crippen molar-refractivity contribution in [1.82, 2.24) is 9.88 Å². The average Bonchev–Trinajstić information content (AvgIpc) is 2.94. The molecule has 94 valence electrons. The minimum atomic E-state index is 0.256. The molecule has 2 heterocycles. The van der Waals surface area contributed by atoms with E-state index < -0.39 is 0 Å². The molecule has 0 spiro atoms. The van der Waals surface area contributed by atoms with Crippen molar-refractivity contribution >= 4 is 38.8 Å². The zero-order valence-electron chi connectivity index (χ0n) is 10.0. The van der Waals surface area contributed by atoms with E-state index in [1.807, 2.05) is 6.07 Å². The zero-order valence-corrected chi connectivity index (χ0v) is 11.6. The number of hydrogen-bond donors (Lipinski definition) is 1. The maximum absolute atomic E-state index is 5.79. The SMILES string of the molecule is NC(=S)C1CCCN1Cc1nc2ccccc2s1. The van der Waals surface area contributed by atoms with Crippen LogP contribution < -0.4 is 5.73 Å². The minimum Gasteiger partial charge on any atom is -0.392 e. The topological polar surface area (TPSA) is 42.1 Å². The molecule has 0 amide bonds. The van der Waals surface area contributed by atoms with E-state index in [0.717, 1.165) is 30.0 Å². The van der Waals surface area contributed by atoms with Crippen LogP contribution in [0.5, 0.6) is 0 Å². The third kappa shape index (κ3) is 2.25. The van der Waals surface area contributed by atoms with E-state index in [1.54, 1.807) is 11.3 Å². The monoisotopic (exact) mass is 277 g/mol. The van der Waals surface area contributed by atoms with Gasteiger partial charge in [-0.25, -0.2) is 4.98 Å². The van der Waals surface area contributed by atoms with E-state index in [2.05, 4.69) is 28.1 Å². The zero-order chi connectivity index (χ0) is 12.5. The molecule has 0 saturated carbocycles. The number of likely N-dealkylation sites (tertiary alicyclic amines) is 1. The molecule has 3 rings (SSSR count). The van der Waals surface area contributed by atoms with Gasteiger partial charge in [-0.05, 0) is 31.5 Å². The predicted molar refractivity (Wildman–Crippen MR) is 79.8 cm³/mol. The Morgan fingerprint density at radius 1 is 1.50 bits per heavy atom. The Morgan fingerprint density at radius 2 is 2.33 bits per heavy atom. The maximum Gasteiger partial charge on any atom is 0.108 e. The number of aromatic nitrogens is 1. The van der Waals surface area contributed by atoms with E-state index in [1.165, 1.54) is 11.1 Å². The summed E-state index contributed by atoms with van der Waals surface area (Å²) in [6.07, 6.45) is 2.26. The Morgan fingerprint density at radius 3 is 3.11 bits per heavy atom. The standard InChI is InChI=1S/C13H15N3S2/c14-13(17)10-5-3-7-16(10)8-12-15-9-4-1-2-6-11(9)18-12/h1-2,4,6,10H,3,5,7-8H2,(H2,14,17). The van der Waals surface area contributed by atoms with Crippen LogP contribution in [0.3, 0.4) is 0 Å². The molecule has 0 bridgehead atoms. The van der Waals surface area contributed by atoms with E-state index in [0.29, 0.717) is 4.99 Å². The molecule has 1 aliphatic rings. The second-order valence-electron chi connectivity index (χ2n) is 4.61. The summed E-state index contributed by atoms with van der Waals surface area (Å²) in [5, 5.41) is 1.15. The van der Waals surface area contributed by atoms with Crippen molar-refractivity contribution in [3.05, 3.63) is 29.3 Å². The number of rotatable bonds is 3. The predicted octanol–water partition coefficient (Wildman–Crippen LogP) is 2.55. The number of fused-ring (bicyclic) bond motifs is 1. The summed E-state index contributed by atoms with van der Waals surface area (Å²) in [7, 11) is 0. The van der Waals surface area contributed by atoms with Gasteiger partial charge in [0, 0.05) is 0 Å². The summed E-state index contributed by atoms with van der Waals surface area (Å²) in [6, 6.07) is 8.51. The Balaban J connectivity index is 1.81. The van der Waals surface area contributed by atoms with Crippen molar-refractivity contribution in [2.45, 2.75) is 25.4 Å². The average molecular weight is 277 g/mol. The van der Waals surface area contributed by atoms with Crippen molar-refractivity contribution < 1.29 is 0 Å². The fourth-order valence-electron chi connectivity index (χ4n) is 2.50. The molecule has 1 aromatic heterocycles. The van der Waals surface area contributed by atoms with E-state index >= 15 is 0 Å². The Bertz CT molecular complexity index is 545. The highest BCUT2D eigenvalue weighted by molar-refractivity contribution is 7.80. The second-order valence-corrected chi connectivity index (χ2v) is 6.19. The summed E-state index contributed by atoms with van der Waals surface area (Å²) in [6.45, 7) is 1.93. The maximum atomic E-state index is 5.79.